The van der Waals surface area contributed by atoms with Crippen molar-refractivity contribution in [2.45, 2.75) is 31.1 Å². The third-order valence-corrected chi connectivity index (χ3v) is 6.81. The zero-order valence-corrected chi connectivity index (χ0v) is 18.6. The fraction of sp³-hybridized carbons (Fsp3) is 0.391. The zero-order valence-electron chi connectivity index (χ0n) is 18.6. The van der Waals surface area contributed by atoms with Crippen molar-refractivity contribution < 1.29 is 44.3 Å². The first-order valence-corrected chi connectivity index (χ1v) is 10.5. The molecule has 11 heteroatoms. The van der Waals surface area contributed by atoms with E-state index < -0.39 is 75.7 Å². The van der Waals surface area contributed by atoms with Gasteiger partial charge in [-0.1, -0.05) is 12.1 Å². The number of phenols is 1. The van der Waals surface area contributed by atoms with Gasteiger partial charge >= 0.3 is 5.97 Å². The first-order valence-electron chi connectivity index (χ1n) is 10.5. The van der Waals surface area contributed by atoms with Crippen molar-refractivity contribution in [2.75, 3.05) is 14.1 Å². The van der Waals surface area contributed by atoms with Crippen LogP contribution in [0.15, 0.2) is 40.9 Å². The molecule has 0 aliphatic heterocycles. The Kier molecular flexibility index (Phi) is 5.29. The van der Waals surface area contributed by atoms with E-state index in [1.807, 2.05) is 0 Å². The second-order valence-electron chi connectivity index (χ2n) is 8.94. The highest BCUT2D eigenvalue weighted by atomic mass is 16.5. The van der Waals surface area contributed by atoms with Crippen molar-refractivity contribution in [2.24, 2.45) is 17.6 Å². The summed E-state index contributed by atoms with van der Waals surface area (Å²) >= 11 is 0. The minimum absolute atomic E-state index is 0.0148. The summed E-state index contributed by atoms with van der Waals surface area (Å²) in [5.41, 5.74) is 1.32. The van der Waals surface area contributed by atoms with E-state index in [9.17, 15) is 39.6 Å². The lowest BCUT2D eigenvalue weighted by atomic mass is 9.57. The average Bonchev–Trinajstić information content (AvgIpc) is 2.72. The Hall–Kier alpha value is -3.70. The van der Waals surface area contributed by atoms with Gasteiger partial charge in [-0.3, -0.25) is 24.1 Å². The summed E-state index contributed by atoms with van der Waals surface area (Å²) in [6, 6.07) is 3.10. The number of fused-ring (bicyclic) bond motifs is 3. The number of likely N-dealkylation sites (N-methyl/N-ethyl adjacent to an activating group) is 1. The predicted octanol–water partition coefficient (Wildman–Crippen LogP) is -0.338. The predicted molar refractivity (Wildman–Crippen MR) is 115 cm³/mol. The molecule has 1 amide bonds. The van der Waals surface area contributed by atoms with Gasteiger partial charge in [-0.2, -0.15) is 0 Å². The van der Waals surface area contributed by atoms with Crippen LogP contribution in [0.1, 0.15) is 22.8 Å². The van der Waals surface area contributed by atoms with Crippen LogP contribution in [0.5, 0.6) is 5.75 Å². The number of aromatic hydroxyl groups is 1. The van der Waals surface area contributed by atoms with Crippen molar-refractivity contribution in [1.29, 1.82) is 0 Å². The topological polar surface area (TPSA) is 188 Å². The Morgan fingerprint density at radius 1 is 1.18 bits per heavy atom. The number of rotatable bonds is 3. The molecule has 0 spiro atoms. The van der Waals surface area contributed by atoms with Crippen molar-refractivity contribution in [3.8, 4) is 5.75 Å². The molecule has 0 radical (unpaired) electrons. The average molecular weight is 472 g/mol. The van der Waals surface area contributed by atoms with Crippen LogP contribution in [0.2, 0.25) is 0 Å². The van der Waals surface area contributed by atoms with E-state index in [2.05, 4.69) is 0 Å². The van der Waals surface area contributed by atoms with Crippen LogP contribution in [0.25, 0.3) is 0 Å². The number of ether oxygens (including phenoxy) is 1. The maximum absolute atomic E-state index is 13.4. The first-order chi connectivity index (χ1) is 15.8. The van der Waals surface area contributed by atoms with Gasteiger partial charge in [-0.25, -0.2) is 0 Å². The smallest absolute Gasteiger partial charge is 0.302 e. The molecule has 6 N–H and O–H groups in total. The van der Waals surface area contributed by atoms with Gasteiger partial charge in [0.2, 0.25) is 5.78 Å². The summed E-state index contributed by atoms with van der Waals surface area (Å²) in [7, 11) is 2.96. The summed E-state index contributed by atoms with van der Waals surface area (Å²) in [4.78, 5) is 52.3. The number of primary amides is 1. The van der Waals surface area contributed by atoms with Gasteiger partial charge in [0.25, 0.3) is 5.91 Å². The monoisotopic (exact) mass is 472 g/mol. The largest absolute Gasteiger partial charge is 0.510 e. The fourth-order valence-electron chi connectivity index (χ4n) is 5.52. The Balaban J connectivity index is 2.07. The van der Waals surface area contributed by atoms with E-state index in [0.29, 0.717) is 5.56 Å². The van der Waals surface area contributed by atoms with Gasteiger partial charge in [0.05, 0.1) is 17.5 Å². The third kappa shape index (κ3) is 2.97. The van der Waals surface area contributed by atoms with E-state index in [1.165, 1.54) is 31.1 Å². The maximum atomic E-state index is 13.4. The quantitative estimate of drug-likeness (QED) is 0.288. The lowest BCUT2D eigenvalue weighted by molar-refractivity contribution is -0.178. The number of carbonyl (C=O) groups excluding carboxylic acids is 4. The number of hydrogen-bond acceptors (Lipinski definition) is 10. The molecule has 11 nitrogen and oxygen atoms in total. The zero-order chi connectivity index (χ0) is 25.3. The van der Waals surface area contributed by atoms with Crippen molar-refractivity contribution in [1.82, 2.24) is 4.90 Å². The van der Waals surface area contributed by atoms with Crippen LogP contribution in [0, 0.1) is 11.8 Å². The van der Waals surface area contributed by atoms with Crippen molar-refractivity contribution >= 4 is 23.4 Å². The molecule has 0 unspecified atom stereocenters. The number of hydrogen-bond donors (Lipinski definition) is 5. The lowest BCUT2D eigenvalue weighted by Gasteiger charge is -2.53. The molecule has 1 aromatic carbocycles. The number of nitrogens with two attached hydrogens (primary N) is 1. The molecule has 0 aromatic heterocycles. The second-order valence-corrected chi connectivity index (χ2v) is 8.94. The van der Waals surface area contributed by atoms with Crippen molar-refractivity contribution in [3.05, 3.63) is 52.0 Å². The standard InChI is InChI=1S/C23H24N2O9/c1-8(26)34-19-10-7-9-5-4-6-11(27)12(9)17(28)13(10)20(30)23(33)15(19)16(25(2)3)18(29)14(21(23)31)22(24)32/h4-6,10,15-16,19,27,29-30,33H,7H2,1-3H3,(H2,24,32)/t10-,15-,16+,19-,23+/m1/s1. The third-order valence-electron chi connectivity index (χ3n) is 6.81. The molecule has 3 aliphatic carbocycles. The van der Waals surface area contributed by atoms with Gasteiger partial charge in [-0.05, 0) is 32.1 Å². The van der Waals surface area contributed by atoms with Crippen LogP contribution >= 0.6 is 0 Å². The van der Waals surface area contributed by atoms with Crippen LogP contribution in [0.3, 0.4) is 0 Å². The van der Waals surface area contributed by atoms with Gasteiger partial charge in [0, 0.05) is 18.4 Å². The summed E-state index contributed by atoms with van der Waals surface area (Å²) < 4.78 is 5.52. The van der Waals surface area contributed by atoms with Gasteiger partial charge < -0.3 is 30.9 Å². The van der Waals surface area contributed by atoms with E-state index in [1.54, 1.807) is 6.07 Å². The van der Waals surface area contributed by atoms with E-state index in [0.717, 1.165) is 6.92 Å². The SMILES string of the molecule is CC(=O)O[C@H]1[C@H]2[C@H](N(C)C)C(O)=C(C(N)=O)C(=O)[C@@]2(O)C(O)=C2C(=O)c3c(O)cccc3C[C@H]21. The molecule has 0 saturated heterocycles. The summed E-state index contributed by atoms with van der Waals surface area (Å²) in [6.45, 7) is 1.10. The molecule has 0 fully saturated rings. The van der Waals surface area contributed by atoms with Crippen LogP contribution in [-0.4, -0.2) is 80.6 Å². The maximum Gasteiger partial charge on any atom is 0.302 e. The van der Waals surface area contributed by atoms with E-state index >= 15 is 0 Å². The number of phenolic OH excluding ortho intramolecular Hbond substituents is 1. The Morgan fingerprint density at radius 2 is 1.82 bits per heavy atom. The number of ketones is 2. The molecule has 34 heavy (non-hydrogen) atoms. The van der Waals surface area contributed by atoms with Crippen LogP contribution < -0.4 is 5.73 Å². The summed E-state index contributed by atoms with van der Waals surface area (Å²) in [5.74, 6) is -9.08. The molecular weight excluding hydrogens is 448 g/mol. The van der Waals surface area contributed by atoms with E-state index in [4.69, 9.17) is 10.5 Å². The van der Waals surface area contributed by atoms with Gasteiger partial charge in [-0.15, -0.1) is 0 Å². The number of aliphatic hydroxyl groups is 3. The highest BCUT2D eigenvalue weighted by Gasteiger charge is 2.67. The highest BCUT2D eigenvalue weighted by molar-refractivity contribution is 6.25. The number of esters is 1. The van der Waals surface area contributed by atoms with E-state index in [-0.39, 0.29) is 17.7 Å². The summed E-state index contributed by atoms with van der Waals surface area (Å²) in [5, 5.41) is 44.1. The Labute approximate surface area is 193 Å². The molecule has 1 aromatic rings. The minimum Gasteiger partial charge on any atom is -0.510 e. The molecule has 0 heterocycles. The number of carbonyl (C=O) groups is 4. The highest BCUT2D eigenvalue weighted by Crippen LogP contribution is 2.53. The second kappa shape index (κ2) is 7.67. The molecule has 3 aliphatic rings. The molecule has 180 valence electrons. The Morgan fingerprint density at radius 3 is 2.38 bits per heavy atom. The molecular formula is C23H24N2O9. The molecule has 0 saturated carbocycles. The number of aliphatic hydroxyl groups excluding tert-OH is 2. The molecule has 0 bridgehead atoms. The minimum atomic E-state index is -2.92. The Bertz CT molecular complexity index is 1210. The van der Waals surface area contributed by atoms with Crippen LogP contribution in [-0.2, 0) is 25.5 Å². The number of Topliss-reactive ketones (excluding diaryl/α,β-unsaturated/α-hetero) is 2. The molecule has 5 atom stereocenters. The van der Waals surface area contributed by atoms with Crippen LogP contribution in [0.4, 0.5) is 0 Å². The van der Waals surface area contributed by atoms with Gasteiger partial charge in [0.1, 0.15) is 28.9 Å². The number of benzene rings is 1. The number of amides is 1. The number of nitrogens with zero attached hydrogens (tertiary/aromatic N) is 1. The normalized spacial score (nSPS) is 30.6. The van der Waals surface area contributed by atoms with Gasteiger partial charge in [0.15, 0.2) is 11.4 Å². The lowest BCUT2D eigenvalue weighted by Crippen LogP contribution is -2.68. The molecule has 4 rings (SSSR count). The summed E-state index contributed by atoms with van der Waals surface area (Å²) in [6.07, 6.45) is -1.36. The van der Waals surface area contributed by atoms with Crippen molar-refractivity contribution in [3.63, 3.8) is 0 Å². The fourth-order valence-corrected chi connectivity index (χ4v) is 5.52. The first kappa shape index (κ1) is 23.5.